The first-order chi connectivity index (χ1) is 4.54. The molecule has 0 fully saturated rings. The quantitative estimate of drug-likeness (QED) is 0.552. The lowest BCUT2D eigenvalue weighted by atomic mass is 9.92. The summed E-state index contributed by atoms with van der Waals surface area (Å²) in [5.41, 5.74) is 0. The Labute approximate surface area is 70.0 Å². The molecule has 0 aliphatic rings. The molecule has 0 radical (unpaired) electrons. The van der Waals surface area contributed by atoms with Crippen molar-refractivity contribution in [2.75, 3.05) is 0 Å². The molecule has 0 saturated heterocycles. The fourth-order valence-corrected chi connectivity index (χ4v) is 1.58. The van der Waals surface area contributed by atoms with Crippen LogP contribution < -0.4 is 0 Å². The first-order valence-electron chi connectivity index (χ1n) is 4.23. The second-order valence-corrected chi connectivity index (χ2v) is 4.26. The van der Waals surface area contributed by atoms with Crippen LogP contribution in [0.5, 0.6) is 0 Å². The summed E-state index contributed by atoms with van der Waals surface area (Å²) in [6, 6.07) is 0. The molecule has 0 aliphatic carbocycles. The molecule has 62 valence electrons. The van der Waals surface area contributed by atoms with Crippen molar-refractivity contribution in [2.24, 2.45) is 5.92 Å². The lowest BCUT2D eigenvalue weighted by molar-refractivity contribution is 0.420. The van der Waals surface area contributed by atoms with Crippen LogP contribution in [-0.2, 0) is 0 Å². The van der Waals surface area contributed by atoms with Gasteiger partial charge in [0.15, 0.2) is 0 Å². The molecule has 0 rings (SSSR count). The molecule has 0 spiro atoms. The zero-order valence-electron chi connectivity index (χ0n) is 7.58. The normalized spacial score (nSPS) is 12.6. The molecule has 0 atom stereocenters. The van der Waals surface area contributed by atoms with Crippen LogP contribution >= 0.6 is 11.6 Å². The zero-order valence-corrected chi connectivity index (χ0v) is 8.33. The summed E-state index contributed by atoms with van der Waals surface area (Å²) in [5.74, 6) is 0.720. The van der Waals surface area contributed by atoms with E-state index in [9.17, 15) is 0 Å². The summed E-state index contributed by atoms with van der Waals surface area (Å²) in [4.78, 5) is 0.0775. The molecule has 0 saturated carbocycles. The van der Waals surface area contributed by atoms with Gasteiger partial charge in [-0.1, -0.05) is 27.7 Å². The summed E-state index contributed by atoms with van der Waals surface area (Å²) in [6.45, 7) is 8.78. The molecule has 0 aromatic heterocycles. The first-order valence-corrected chi connectivity index (χ1v) is 4.60. The van der Waals surface area contributed by atoms with E-state index >= 15 is 0 Å². The number of hydrogen-bond acceptors (Lipinski definition) is 0. The predicted octanol–water partition coefficient (Wildman–Crippen LogP) is 3.83. The highest BCUT2D eigenvalue weighted by Gasteiger charge is 2.23. The van der Waals surface area contributed by atoms with Crippen molar-refractivity contribution in [3.05, 3.63) is 0 Å². The Kier molecular flexibility index (Phi) is 4.35. The monoisotopic (exact) mass is 162 g/mol. The van der Waals surface area contributed by atoms with Gasteiger partial charge in [-0.25, -0.2) is 0 Å². The van der Waals surface area contributed by atoms with E-state index in [1.807, 2.05) is 0 Å². The Morgan fingerprint density at radius 2 is 1.60 bits per heavy atom. The molecule has 0 aliphatic heterocycles. The van der Waals surface area contributed by atoms with Crippen molar-refractivity contribution < 1.29 is 0 Å². The van der Waals surface area contributed by atoms with Gasteiger partial charge in [-0.05, 0) is 25.2 Å². The van der Waals surface area contributed by atoms with Crippen molar-refractivity contribution in [1.29, 1.82) is 0 Å². The fourth-order valence-electron chi connectivity index (χ4n) is 1.27. The van der Waals surface area contributed by atoms with Gasteiger partial charge in [-0.2, -0.15) is 0 Å². The van der Waals surface area contributed by atoms with E-state index in [1.165, 1.54) is 0 Å². The van der Waals surface area contributed by atoms with Crippen molar-refractivity contribution in [3.8, 4) is 0 Å². The second-order valence-electron chi connectivity index (χ2n) is 3.46. The van der Waals surface area contributed by atoms with Gasteiger partial charge in [0, 0.05) is 4.87 Å². The van der Waals surface area contributed by atoms with Gasteiger partial charge >= 0.3 is 0 Å². The SMILES string of the molecule is CCC(Cl)(CC)CC(C)C. The summed E-state index contributed by atoms with van der Waals surface area (Å²) >= 11 is 6.30. The Hall–Kier alpha value is 0.290. The van der Waals surface area contributed by atoms with Crippen LogP contribution in [0.1, 0.15) is 47.0 Å². The first kappa shape index (κ1) is 10.3. The van der Waals surface area contributed by atoms with E-state index in [2.05, 4.69) is 27.7 Å². The van der Waals surface area contributed by atoms with E-state index < -0.39 is 0 Å². The van der Waals surface area contributed by atoms with Crippen molar-refractivity contribution in [2.45, 2.75) is 51.8 Å². The van der Waals surface area contributed by atoms with E-state index in [1.54, 1.807) is 0 Å². The molecule has 0 heterocycles. The third-order valence-electron chi connectivity index (χ3n) is 2.04. The highest BCUT2D eigenvalue weighted by molar-refractivity contribution is 6.23. The molecule has 0 aromatic rings. The summed E-state index contributed by atoms with van der Waals surface area (Å²) < 4.78 is 0. The molecule has 0 unspecified atom stereocenters. The maximum absolute atomic E-state index is 6.30. The summed E-state index contributed by atoms with van der Waals surface area (Å²) in [7, 11) is 0. The third-order valence-corrected chi connectivity index (χ3v) is 2.73. The maximum Gasteiger partial charge on any atom is 0.0444 e. The Bertz CT molecular complexity index is 82.7. The lowest BCUT2D eigenvalue weighted by Crippen LogP contribution is -2.21. The standard InChI is InChI=1S/C9H19Cl/c1-5-9(10,6-2)7-8(3)4/h8H,5-7H2,1-4H3. The second kappa shape index (κ2) is 4.23. The Morgan fingerprint density at radius 1 is 1.20 bits per heavy atom. The van der Waals surface area contributed by atoms with E-state index in [0.29, 0.717) is 0 Å². The molecule has 0 aromatic carbocycles. The van der Waals surface area contributed by atoms with Gasteiger partial charge in [0.2, 0.25) is 0 Å². The van der Waals surface area contributed by atoms with Gasteiger partial charge in [-0.3, -0.25) is 0 Å². The molecule has 10 heavy (non-hydrogen) atoms. The summed E-state index contributed by atoms with van der Waals surface area (Å²) in [5, 5.41) is 0. The van der Waals surface area contributed by atoms with Crippen molar-refractivity contribution in [3.63, 3.8) is 0 Å². The van der Waals surface area contributed by atoms with Crippen LogP contribution in [0.3, 0.4) is 0 Å². The van der Waals surface area contributed by atoms with Crippen LogP contribution in [-0.4, -0.2) is 4.87 Å². The minimum absolute atomic E-state index is 0.0775. The van der Waals surface area contributed by atoms with Gasteiger partial charge in [0.05, 0.1) is 0 Å². The Morgan fingerprint density at radius 3 is 1.70 bits per heavy atom. The molecule has 0 amide bonds. The lowest BCUT2D eigenvalue weighted by Gasteiger charge is -2.25. The largest absolute Gasteiger partial charge is 0.119 e. The van der Waals surface area contributed by atoms with Crippen LogP contribution in [0.15, 0.2) is 0 Å². The van der Waals surface area contributed by atoms with Gasteiger partial charge in [0.25, 0.3) is 0 Å². The number of hydrogen-bond donors (Lipinski definition) is 0. The van der Waals surface area contributed by atoms with Gasteiger partial charge < -0.3 is 0 Å². The predicted molar refractivity (Wildman–Crippen MR) is 48.6 cm³/mol. The van der Waals surface area contributed by atoms with E-state index in [-0.39, 0.29) is 4.87 Å². The molecule has 0 bridgehead atoms. The number of alkyl halides is 1. The van der Waals surface area contributed by atoms with Gasteiger partial charge in [-0.15, -0.1) is 11.6 Å². The minimum atomic E-state index is 0.0775. The summed E-state index contributed by atoms with van der Waals surface area (Å²) in [6.07, 6.45) is 3.31. The molecular formula is C9H19Cl. The Balaban J connectivity index is 3.80. The molecule has 0 N–H and O–H groups in total. The minimum Gasteiger partial charge on any atom is -0.119 e. The van der Waals surface area contributed by atoms with E-state index in [0.717, 1.165) is 25.2 Å². The fraction of sp³-hybridized carbons (Fsp3) is 1.00. The average Bonchev–Trinajstić information content (AvgIpc) is 1.87. The molecule has 0 nitrogen and oxygen atoms in total. The van der Waals surface area contributed by atoms with Crippen molar-refractivity contribution >= 4 is 11.6 Å². The van der Waals surface area contributed by atoms with Crippen LogP contribution in [0.25, 0.3) is 0 Å². The maximum atomic E-state index is 6.30. The van der Waals surface area contributed by atoms with Crippen LogP contribution in [0.4, 0.5) is 0 Å². The van der Waals surface area contributed by atoms with Crippen LogP contribution in [0.2, 0.25) is 0 Å². The van der Waals surface area contributed by atoms with Gasteiger partial charge in [0.1, 0.15) is 0 Å². The third kappa shape index (κ3) is 3.46. The van der Waals surface area contributed by atoms with Crippen molar-refractivity contribution in [1.82, 2.24) is 0 Å². The van der Waals surface area contributed by atoms with E-state index in [4.69, 9.17) is 11.6 Å². The number of halogens is 1. The topological polar surface area (TPSA) is 0 Å². The zero-order chi connectivity index (χ0) is 8.20. The smallest absolute Gasteiger partial charge is 0.0444 e. The molecular weight excluding hydrogens is 144 g/mol. The average molecular weight is 163 g/mol. The molecule has 1 heteroatoms. The number of rotatable bonds is 4. The highest BCUT2D eigenvalue weighted by Crippen LogP contribution is 2.30. The highest BCUT2D eigenvalue weighted by atomic mass is 35.5. The van der Waals surface area contributed by atoms with Crippen LogP contribution in [0, 0.1) is 5.92 Å².